The van der Waals surface area contributed by atoms with Crippen LogP contribution in [0.5, 0.6) is 0 Å². The van der Waals surface area contributed by atoms with Crippen LogP contribution in [0.1, 0.15) is 49.9 Å². The third-order valence-electron chi connectivity index (χ3n) is 4.98. The van der Waals surface area contributed by atoms with E-state index in [1.807, 2.05) is 4.90 Å². The van der Waals surface area contributed by atoms with Crippen molar-refractivity contribution in [3.8, 4) is 0 Å². The van der Waals surface area contributed by atoms with Gasteiger partial charge in [-0.25, -0.2) is 0 Å². The summed E-state index contributed by atoms with van der Waals surface area (Å²) in [5.74, 6) is 0.644. The first-order chi connectivity index (χ1) is 12.0. The van der Waals surface area contributed by atoms with Gasteiger partial charge < -0.3 is 9.80 Å². The van der Waals surface area contributed by atoms with E-state index < -0.39 is 0 Å². The molecule has 1 aliphatic heterocycles. The molecule has 5 heteroatoms. The summed E-state index contributed by atoms with van der Waals surface area (Å²) in [5, 5.41) is 0.622. The number of piperidine rings is 1. The normalized spacial score (nSPS) is 20.6. The highest BCUT2D eigenvalue weighted by atomic mass is 35.5. The minimum Gasteiger partial charge on any atom is -0.339 e. The minimum absolute atomic E-state index is 0.00371. The van der Waals surface area contributed by atoms with Gasteiger partial charge in [0.05, 0.1) is 5.92 Å². The van der Waals surface area contributed by atoms with Crippen molar-refractivity contribution in [3.63, 3.8) is 0 Å². The molecule has 2 aliphatic rings. The van der Waals surface area contributed by atoms with Crippen LogP contribution in [0.15, 0.2) is 24.3 Å². The van der Waals surface area contributed by atoms with Crippen molar-refractivity contribution < 1.29 is 9.59 Å². The molecule has 0 N–H and O–H groups in total. The lowest BCUT2D eigenvalue weighted by Gasteiger charge is -2.35. The third-order valence-corrected chi connectivity index (χ3v) is 5.23. The zero-order valence-corrected chi connectivity index (χ0v) is 15.8. The number of rotatable bonds is 5. The Bertz CT molecular complexity index is 625. The molecule has 1 unspecified atom stereocenters. The number of amides is 2. The molecule has 1 saturated carbocycles. The molecule has 1 aliphatic carbocycles. The lowest BCUT2D eigenvalue weighted by molar-refractivity contribution is -0.138. The molecular weight excluding hydrogens is 336 g/mol. The molecule has 1 aromatic carbocycles. The lowest BCUT2D eigenvalue weighted by Crippen LogP contribution is -2.48. The van der Waals surface area contributed by atoms with E-state index in [9.17, 15) is 9.59 Å². The second-order valence-electron chi connectivity index (χ2n) is 7.71. The lowest BCUT2D eigenvalue weighted by atomic mass is 9.95. The summed E-state index contributed by atoms with van der Waals surface area (Å²) in [6, 6.07) is 7.41. The number of hydrogen-bond acceptors (Lipinski definition) is 2. The summed E-state index contributed by atoms with van der Waals surface area (Å²) in [7, 11) is 0. The zero-order valence-electron chi connectivity index (χ0n) is 15.1. The highest BCUT2D eigenvalue weighted by molar-refractivity contribution is 6.30. The van der Waals surface area contributed by atoms with Crippen molar-refractivity contribution in [2.75, 3.05) is 19.6 Å². The van der Waals surface area contributed by atoms with Gasteiger partial charge in [-0.2, -0.15) is 0 Å². The van der Waals surface area contributed by atoms with Gasteiger partial charge in [-0.15, -0.1) is 0 Å². The van der Waals surface area contributed by atoms with E-state index in [-0.39, 0.29) is 17.7 Å². The van der Waals surface area contributed by atoms with Crippen LogP contribution in [0.25, 0.3) is 0 Å². The maximum absolute atomic E-state index is 13.0. The van der Waals surface area contributed by atoms with E-state index in [4.69, 9.17) is 11.6 Å². The van der Waals surface area contributed by atoms with Gasteiger partial charge in [-0.3, -0.25) is 9.59 Å². The van der Waals surface area contributed by atoms with Crippen LogP contribution >= 0.6 is 11.6 Å². The average Bonchev–Trinajstić information content (AvgIpc) is 3.44. The van der Waals surface area contributed by atoms with Crippen LogP contribution in [0.2, 0.25) is 5.02 Å². The fourth-order valence-electron chi connectivity index (χ4n) is 3.57. The Morgan fingerprint density at radius 1 is 1.20 bits per heavy atom. The van der Waals surface area contributed by atoms with Gasteiger partial charge in [-0.05, 0) is 55.9 Å². The van der Waals surface area contributed by atoms with Gasteiger partial charge in [-0.1, -0.05) is 25.4 Å². The van der Waals surface area contributed by atoms with Crippen LogP contribution in [0, 0.1) is 11.8 Å². The van der Waals surface area contributed by atoms with Crippen molar-refractivity contribution in [2.45, 2.75) is 45.6 Å². The standard InChI is InChI=1S/C20H27ClN2O2/c1-14(2)12-23(18-9-10-18)20(25)16-4-3-11-22(13-16)19(24)15-5-7-17(21)8-6-15/h5-8,14,16,18H,3-4,9-13H2,1-2H3. The highest BCUT2D eigenvalue weighted by Gasteiger charge is 2.38. The van der Waals surface area contributed by atoms with Crippen molar-refractivity contribution in [2.24, 2.45) is 11.8 Å². The van der Waals surface area contributed by atoms with Crippen molar-refractivity contribution >= 4 is 23.4 Å². The number of likely N-dealkylation sites (tertiary alicyclic amines) is 1. The average molecular weight is 363 g/mol. The van der Waals surface area contributed by atoms with Crippen LogP contribution in [0.4, 0.5) is 0 Å². The Morgan fingerprint density at radius 3 is 2.48 bits per heavy atom. The van der Waals surface area contributed by atoms with Crippen LogP contribution < -0.4 is 0 Å². The molecule has 0 bridgehead atoms. The van der Waals surface area contributed by atoms with E-state index in [2.05, 4.69) is 18.7 Å². The monoisotopic (exact) mass is 362 g/mol. The van der Waals surface area contributed by atoms with Crippen LogP contribution in [-0.2, 0) is 4.79 Å². The van der Waals surface area contributed by atoms with E-state index in [0.29, 0.717) is 29.1 Å². The first-order valence-corrected chi connectivity index (χ1v) is 9.69. The zero-order chi connectivity index (χ0) is 18.0. The summed E-state index contributed by atoms with van der Waals surface area (Å²) < 4.78 is 0. The molecule has 25 heavy (non-hydrogen) atoms. The van der Waals surface area contributed by atoms with Crippen LogP contribution in [0.3, 0.4) is 0 Å². The molecule has 136 valence electrons. The fraction of sp³-hybridized carbons (Fsp3) is 0.600. The summed E-state index contributed by atoms with van der Waals surface area (Å²) in [6.07, 6.45) is 4.01. The summed E-state index contributed by atoms with van der Waals surface area (Å²) in [6.45, 7) is 6.38. The summed E-state index contributed by atoms with van der Waals surface area (Å²) >= 11 is 5.90. The summed E-state index contributed by atoms with van der Waals surface area (Å²) in [4.78, 5) is 29.7. The topological polar surface area (TPSA) is 40.6 Å². The van der Waals surface area contributed by atoms with Crippen LogP contribution in [-0.4, -0.2) is 47.3 Å². The quantitative estimate of drug-likeness (QED) is 0.798. The molecule has 1 heterocycles. The molecule has 1 atom stereocenters. The Hall–Kier alpha value is -1.55. The van der Waals surface area contributed by atoms with Crippen molar-refractivity contribution in [1.82, 2.24) is 9.80 Å². The van der Waals surface area contributed by atoms with E-state index >= 15 is 0 Å². The number of nitrogens with zero attached hydrogens (tertiary/aromatic N) is 2. The Labute approximate surface area is 155 Å². The number of halogens is 1. The second-order valence-corrected chi connectivity index (χ2v) is 8.15. The molecule has 2 amide bonds. The maximum Gasteiger partial charge on any atom is 0.253 e. The Balaban J connectivity index is 1.66. The van der Waals surface area contributed by atoms with Gasteiger partial charge in [0.25, 0.3) is 5.91 Å². The number of carbonyl (C=O) groups excluding carboxylic acids is 2. The molecular formula is C20H27ClN2O2. The first-order valence-electron chi connectivity index (χ1n) is 9.31. The molecule has 4 nitrogen and oxygen atoms in total. The highest BCUT2D eigenvalue weighted by Crippen LogP contribution is 2.31. The summed E-state index contributed by atoms with van der Waals surface area (Å²) in [5.41, 5.74) is 0.638. The minimum atomic E-state index is -0.0654. The molecule has 0 spiro atoms. The number of hydrogen-bond donors (Lipinski definition) is 0. The molecule has 2 fully saturated rings. The predicted octanol–water partition coefficient (Wildman–Crippen LogP) is 3.84. The van der Waals surface area contributed by atoms with Crippen molar-refractivity contribution in [3.05, 3.63) is 34.9 Å². The first kappa shape index (κ1) is 18.2. The molecule has 0 radical (unpaired) electrons. The van der Waals surface area contributed by atoms with Gasteiger partial charge in [0.1, 0.15) is 0 Å². The SMILES string of the molecule is CC(C)CN(C(=O)C1CCCN(C(=O)c2ccc(Cl)cc2)C1)C1CC1. The Kier molecular flexibility index (Phi) is 5.67. The van der Waals surface area contributed by atoms with Gasteiger partial charge in [0, 0.05) is 36.3 Å². The maximum atomic E-state index is 13.0. The molecule has 1 saturated heterocycles. The smallest absolute Gasteiger partial charge is 0.253 e. The molecule has 0 aromatic heterocycles. The third kappa shape index (κ3) is 4.55. The fourth-order valence-corrected chi connectivity index (χ4v) is 3.70. The van der Waals surface area contributed by atoms with E-state index in [1.165, 1.54) is 0 Å². The van der Waals surface area contributed by atoms with Gasteiger partial charge in [0.15, 0.2) is 0 Å². The Morgan fingerprint density at radius 2 is 1.88 bits per heavy atom. The largest absolute Gasteiger partial charge is 0.339 e. The molecule has 1 aromatic rings. The van der Waals surface area contributed by atoms with E-state index in [1.54, 1.807) is 24.3 Å². The molecule has 3 rings (SSSR count). The van der Waals surface area contributed by atoms with Gasteiger partial charge in [0.2, 0.25) is 5.91 Å². The van der Waals surface area contributed by atoms with Gasteiger partial charge >= 0.3 is 0 Å². The van der Waals surface area contributed by atoms with Crippen molar-refractivity contribution in [1.29, 1.82) is 0 Å². The van der Waals surface area contributed by atoms with E-state index in [0.717, 1.165) is 38.8 Å². The second kappa shape index (κ2) is 7.77. The predicted molar refractivity (Wildman–Crippen MR) is 99.7 cm³/mol. The number of carbonyl (C=O) groups is 2. The number of benzene rings is 1.